The zero-order chi connectivity index (χ0) is 12.9. The van der Waals surface area contributed by atoms with Crippen LogP contribution in [0.25, 0.3) is 0 Å². The lowest BCUT2D eigenvalue weighted by Crippen LogP contribution is -2.37. The molecule has 2 nitrogen and oxygen atoms in total. The van der Waals surface area contributed by atoms with Crippen molar-refractivity contribution in [3.05, 3.63) is 0 Å². The molecule has 2 saturated carbocycles. The maximum Gasteiger partial charge on any atom is 0.00698 e. The van der Waals surface area contributed by atoms with E-state index in [1.807, 2.05) is 0 Å². The Morgan fingerprint density at radius 1 is 0.842 bits per heavy atom. The van der Waals surface area contributed by atoms with E-state index in [2.05, 4.69) is 10.2 Å². The zero-order valence-electron chi connectivity index (χ0n) is 12.6. The van der Waals surface area contributed by atoms with Crippen molar-refractivity contribution in [2.24, 2.45) is 11.8 Å². The molecule has 0 aromatic rings. The number of rotatable bonds is 6. The van der Waals surface area contributed by atoms with Crippen molar-refractivity contribution in [1.82, 2.24) is 10.2 Å². The first-order chi connectivity index (χ1) is 9.42. The van der Waals surface area contributed by atoms with Gasteiger partial charge in [0.15, 0.2) is 0 Å². The average molecular weight is 264 g/mol. The second-order valence-corrected chi connectivity index (χ2v) is 7.17. The SMILES string of the molecule is C1CCN(CCCNC2CCCC(C3CC3)C2)CC1. The van der Waals surface area contributed by atoms with Crippen LogP contribution in [0.5, 0.6) is 0 Å². The van der Waals surface area contributed by atoms with Gasteiger partial charge in [-0.05, 0) is 83.0 Å². The van der Waals surface area contributed by atoms with Gasteiger partial charge in [0.2, 0.25) is 0 Å². The van der Waals surface area contributed by atoms with Gasteiger partial charge >= 0.3 is 0 Å². The first-order valence-corrected chi connectivity index (χ1v) is 8.87. The highest BCUT2D eigenvalue weighted by Gasteiger charge is 2.34. The fraction of sp³-hybridized carbons (Fsp3) is 1.00. The summed E-state index contributed by atoms with van der Waals surface area (Å²) in [4.78, 5) is 2.67. The second kappa shape index (κ2) is 7.08. The van der Waals surface area contributed by atoms with Crippen LogP contribution in [-0.2, 0) is 0 Å². The minimum atomic E-state index is 0.848. The molecule has 0 spiro atoms. The third kappa shape index (κ3) is 4.46. The van der Waals surface area contributed by atoms with Crippen molar-refractivity contribution in [3.63, 3.8) is 0 Å². The van der Waals surface area contributed by atoms with Crippen LogP contribution in [0, 0.1) is 11.8 Å². The predicted molar refractivity (Wildman–Crippen MR) is 81.4 cm³/mol. The molecule has 0 radical (unpaired) electrons. The van der Waals surface area contributed by atoms with E-state index in [1.165, 1.54) is 90.4 Å². The number of piperidine rings is 1. The molecular formula is C17H32N2. The molecule has 1 aliphatic heterocycles. The Labute approximate surface area is 119 Å². The summed E-state index contributed by atoms with van der Waals surface area (Å²) >= 11 is 0. The number of nitrogens with one attached hydrogen (secondary N) is 1. The van der Waals surface area contributed by atoms with Gasteiger partial charge in [-0.1, -0.05) is 19.3 Å². The van der Waals surface area contributed by atoms with Gasteiger partial charge in [0.05, 0.1) is 0 Å². The summed E-state index contributed by atoms with van der Waals surface area (Å²) < 4.78 is 0. The van der Waals surface area contributed by atoms with E-state index in [9.17, 15) is 0 Å². The summed E-state index contributed by atoms with van der Waals surface area (Å²) in [5.41, 5.74) is 0. The molecule has 110 valence electrons. The minimum absolute atomic E-state index is 0.848. The van der Waals surface area contributed by atoms with E-state index >= 15 is 0 Å². The first kappa shape index (κ1) is 13.9. The molecule has 1 heterocycles. The van der Waals surface area contributed by atoms with E-state index < -0.39 is 0 Å². The molecule has 1 N–H and O–H groups in total. The lowest BCUT2D eigenvalue weighted by molar-refractivity contribution is 0.219. The fourth-order valence-electron chi connectivity index (χ4n) is 4.20. The molecule has 0 amide bonds. The summed E-state index contributed by atoms with van der Waals surface area (Å²) in [6, 6.07) is 0.848. The van der Waals surface area contributed by atoms with Crippen LogP contribution in [0.3, 0.4) is 0 Å². The van der Waals surface area contributed by atoms with Crippen molar-refractivity contribution < 1.29 is 0 Å². The Balaban J connectivity index is 1.26. The Morgan fingerprint density at radius 2 is 1.68 bits per heavy atom. The maximum absolute atomic E-state index is 3.85. The van der Waals surface area contributed by atoms with Gasteiger partial charge in [0.1, 0.15) is 0 Å². The van der Waals surface area contributed by atoms with Crippen molar-refractivity contribution >= 4 is 0 Å². The summed E-state index contributed by atoms with van der Waals surface area (Å²) in [6.07, 6.45) is 14.7. The minimum Gasteiger partial charge on any atom is -0.314 e. The Kier molecular flexibility index (Phi) is 5.17. The van der Waals surface area contributed by atoms with E-state index in [1.54, 1.807) is 0 Å². The maximum atomic E-state index is 3.85. The van der Waals surface area contributed by atoms with E-state index in [0.29, 0.717) is 0 Å². The number of hydrogen-bond acceptors (Lipinski definition) is 2. The van der Waals surface area contributed by atoms with Gasteiger partial charge in [-0.2, -0.15) is 0 Å². The average Bonchev–Trinajstić information content (AvgIpc) is 3.30. The zero-order valence-corrected chi connectivity index (χ0v) is 12.6. The molecule has 2 atom stereocenters. The number of likely N-dealkylation sites (tertiary alicyclic amines) is 1. The predicted octanol–water partition coefficient (Wildman–Crippen LogP) is 3.42. The van der Waals surface area contributed by atoms with E-state index in [0.717, 1.165) is 17.9 Å². The summed E-state index contributed by atoms with van der Waals surface area (Å²) in [5, 5.41) is 3.85. The van der Waals surface area contributed by atoms with Crippen molar-refractivity contribution in [2.45, 2.75) is 70.3 Å². The Bertz CT molecular complexity index is 256. The summed E-state index contributed by atoms with van der Waals surface area (Å²) in [6.45, 7) is 5.28. The number of nitrogens with zero attached hydrogens (tertiary/aromatic N) is 1. The third-order valence-electron chi connectivity index (χ3n) is 5.54. The third-order valence-corrected chi connectivity index (χ3v) is 5.54. The van der Waals surface area contributed by atoms with Gasteiger partial charge < -0.3 is 10.2 Å². The molecule has 2 aliphatic carbocycles. The second-order valence-electron chi connectivity index (χ2n) is 7.17. The van der Waals surface area contributed by atoms with Gasteiger partial charge in [-0.25, -0.2) is 0 Å². The van der Waals surface area contributed by atoms with Crippen molar-refractivity contribution in [3.8, 4) is 0 Å². The topological polar surface area (TPSA) is 15.3 Å². The summed E-state index contributed by atoms with van der Waals surface area (Å²) in [7, 11) is 0. The van der Waals surface area contributed by atoms with Crippen LogP contribution < -0.4 is 5.32 Å². The fourth-order valence-corrected chi connectivity index (χ4v) is 4.20. The smallest absolute Gasteiger partial charge is 0.00698 e. The Morgan fingerprint density at radius 3 is 2.47 bits per heavy atom. The van der Waals surface area contributed by atoms with Crippen LogP contribution in [0.15, 0.2) is 0 Å². The standard InChI is InChI=1S/C17H32N2/c1-2-11-19(12-3-1)13-5-10-18-17-7-4-6-16(14-17)15-8-9-15/h15-18H,1-14H2. The van der Waals surface area contributed by atoms with Crippen molar-refractivity contribution in [1.29, 1.82) is 0 Å². The highest BCUT2D eigenvalue weighted by Crippen LogP contribution is 2.43. The van der Waals surface area contributed by atoms with Crippen LogP contribution in [0.2, 0.25) is 0 Å². The van der Waals surface area contributed by atoms with E-state index in [4.69, 9.17) is 0 Å². The van der Waals surface area contributed by atoms with Crippen LogP contribution in [0.1, 0.15) is 64.2 Å². The molecular weight excluding hydrogens is 232 g/mol. The lowest BCUT2D eigenvalue weighted by Gasteiger charge is -2.31. The first-order valence-electron chi connectivity index (χ1n) is 8.87. The largest absolute Gasteiger partial charge is 0.314 e. The molecule has 0 aromatic heterocycles. The molecule has 3 aliphatic rings. The van der Waals surface area contributed by atoms with E-state index in [-0.39, 0.29) is 0 Å². The van der Waals surface area contributed by atoms with Gasteiger partial charge in [-0.15, -0.1) is 0 Å². The molecule has 3 fully saturated rings. The highest BCUT2D eigenvalue weighted by atomic mass is 15.1. The van der Waals surface area contributed by atoms with Gasteiger partial charge in [0.25, 0.3) is 0 Å². The molecule has 19 heavy (non-hydrogen) atoms. The van der Waals surface area contributed by atoms with Crippen LogP contribution >= 0.6 is 0 Å². The molecule has 2 heteroatoms. The molecule has 2 unspecified atom stereocenters. The lowest BCUT2D eigenvalue weighted by atomic mass is 9.83. The molecule has 1 saturated heterocycles. The van der Waals surface area contributed by atoms with Gasteiger partial charge in [-0.3, -0.25) is 0 Å². The number of hydrogen-bond donors (Lipinski definition) is 1. The Hall–Kier alpha value is -0.0800. The van der Waals surface area contributed by atoms with Crippen LogP contribution in [0.4, 0.5) is 0 Å². The normalized spacial score (nSPS) is 33.5. The quantitative estimate of drug-likeness (QED) is 0.740. The molecule has 0 aromatic carbocycles. The highest BCUT2D eigenvalue weighted by molar-refractivity contribution is 4.87. The van der Waals surface area contributed by atoms with Crippen molar-refractivity contribution in [2.75, 3.05) is 26.2 Å². The monoisotopic (exact) mass is 264 g/mol. The van der Waals surface area contributed by atoms with Gasteiger partial charge in [0, 0.05) is 6.04 Å². The molecule has 3 rings (SSSR count). The summed E-state index contributed by atoms with van der Waals surface area (Å²) in [5.74, 6) is 2.20. The molecule has 0 bridgehead atoms. The van der Waals surface area contributed by atoms with Crippen LogP contribution in [-0.4, -0.2) is 37.1 Å².